The minimum absolute atomic E-state index is 0.199. The molecule has 0 saturated carbocycles. The van der Waals surface area contributed by atoms with Crippen LogP contribution in [0.25, 0.3) is 0 Å². The third-order valence-electron chi connectivity index (χ3n) is 2.57. The van der Waals surface area contributed by atoms with Crippen LogP contribution in [0.4, 0.5) is 4.39 Å². The van der Waals surface area contributed by atoms with E-state index < -0.39 is 0 Å². The van der Waals surface area contributed by atoms with Crippen LogP contribution in [0.3, 0.4) is 0 Å². The summed E-state index contributed by atoms with van der Waals surface area (Å²) in [6, 6.07) is 7.25. The highest BCUT2D eigenvalue weighted by molar-refractivity contribution is 9.10. The fraction of sp³-hybridized carbons (Fsp3) is 0.500. The van der Waals surface area contributed by atoms with Crippen molar-refractivity contribution in [1.82, 2.24) is 4.90 Å². The molecule has 0 atom stereocenters. The van der Waals surface area contributed by atoms with Crippen molar-refractivity contribution in [3.8, 4) is 6.07 Å². The summed E-state index contributed by atoms with van der Waals surface area (Å²) < 4.78 is 14.5. The monoisotopic (exact) mass is 312 g/mol. The van der Waals surface area contributed by atoms with Crippen molar-refractivity contribution in [2.24, 2.45) is 5.92 Å². The van der Waals surface area contributed by atoms with E-state index in [9.17, 15) is 4.39 Å². The van der Waals surface area contributed by atoms with Crippen LogP contribution in [0.15, 0.2) is 22.7 Å². The molecular weight excluding hydrogens is 295 g/mol. The largest absolute Gasteiger partial charge is 0.298 e. The average Bonchev–Trinajstić information content (AvgIpc) is 2.29. The lowest BCUT2D eigenvalue weighted by molar-refractivity contribution is 0.238. The molecular formula is C14H18BrFN2. The topological polar surface area (TPSA) is 27.0 Å². The highest BCUT2D eigenvalue weighted by Crippen LogP contribution is 2.17. The van der Waals surface area contributed by atoms with Crippen molar-refractivity contribution >= 4 is 15.9 Å². The molecule has 0 amide bonds. The maximum Gasteiger partial charge on any atom is 0.128 e. The van der Waals surface area contributed by atoms with E-state index in [1.54, 1.807) is 6.07 Å². The summed E-state index contributed by atoms with van der Waals surface area (Å²) in [5, 5.41) is 8.65. The Balaban J connectivity index is 2.72. The Kier molecular flexibility index (Phi) is 6.31. The van der Waals surface area contributed by atoms with Gasteiger partial charge in [-0.25, -0.2) is 4.39 Å². The third-order valence-corrected chi connectivity index (χ3v) is 3.07. The summed E-state index contributed by atoms with van der Waals surface area (Å²) in [6.07, 6.45) is 0.477. The van der Waals surface area contributed by atoms with Crippen LogP contribution >= 0.6 is 15.9 Å². The zero-order valence-electron chi connectivity index (χ0n) is 10.8. The number of halogens is 2. The highest BCUT2D eigenvalue weighted by Gasteiger charge is 2.11. The van der Waals surface area contributed by atoms with Gasteiger partial charge in [-0.15, -0.1) is 0 Å². The molecule has 1 aromatic rings. The first-order valence-corrected chi connectivity index (χ1v) is 6.85. The fourth-order valence-electron chi connectivity index (χ4n) is 1.85. The number of hydrogen-bond acceptors (Lipinski definition) is 2. The van der Waals surface area contributed by atoms with E-state index >= 15 is 0 Å². The second kappa shape index (κ2) is 7.50. The molecule has 4 heteroatoms. The molecule has 98 valence electrons. The number of nitriles is 1. The summed E-state index contributed by atoms with van der Waals surface area (Å²) in [6.45, 7) is 6.36. The Morgan fingerprint density at radius 1 is 1.44 bits per heavy atom. The van der Waals surface area contributed by atoms with Gasteiger partial charge in [0.25, 0.3) is 0 Å². The van der Waals surface area contributed by atoms with Gasteiger partial charge >= 0.3 is 0 Å². The van der Waals surface area contributed by atoms with Crippen molar-refractivity contribution in [3.63, 3.8) is 0 Å². The summed E-state index contributed by atoms with van der Waals surface area (Å²) in [4.78, 5) is 2.13. The Bertz CT molecular complexity index is 426. The molecule has 1 aromatic carbocycles. The smallest absolute Gasteiger partial charge is 0.128 e. The molecule has 18 heavy (non-hydrogen) atoms. The van der Waals surface area contributed by atoms with Gasteiger partial charge in [-0.05, 0) is 18.1 Å². The van der Waals surface area contributed by atoms with Crippen LogP contribution in [-0.2, 0) is 6.54 Å². The highest BCUT2D eigenvalue weighted by atomic mass is 79.9. The average molecular weight is 313 g/mol. The van der Waals surface area contributed by atoms with Crippen LogP contribution in [0.1, 0.15) is 25.8 Å². The second-order valence-corrected chi connectivity index (χ2v) is 5.69. The van der Waals surface area contributed by atoms with E-state index in [2.05, 4.69) is 40.7 Å². The minimum atomic E-state index is -0.199. The first-order chi connectivity index (χ1) is 8.52. The van der Waals surface area contributed by atoms with E-state index in [1.165, 1.54) is 6.07 Å². The quantitative estimate of drug-likeness (QED) is 0.795. The maximum atomic E-state index is 13.7. The Hall–Kier alpha value is -0.920. The van der Waals surface area contributed by atoms with Gasteiger partial charge in [0.05, 0.1) is 6.07 Å². The van der Waals surface area contributed by atoms with Gasteiger partial charge in [0.2, 0.25) is 0 Å². The van der Waals surface area contributed by atoms with Crippen LogP contribution in [0, 0.1) is 23.1 Å². The van der Waals surface area contributed by atoms with Crippen molar-refractivity contribution in [1.29, 1.82) is 5.26 Å². The van der Waals surface area contributed by atoms with Crippen molar-refractivity contribution in [3.05, 3.63) is 34.1 Å². The fourth-order valence-corrected chi connectivity index (χ4v) is 2.18. The van der Waals surface area contributed by atoms with Crippen LogP contribution in [0.5, 0.6) is 0 Å². The third kappa shape index (κ3) is 5.16. The van der Waals surface area contributed by atoms with Gasteiger partial charge < -0.3 is 0 Å². The number of benzene rings is 1. The maximum absolute atomic E-state index is 13.7. The Morgan fingerprint density at radius 2 is 2.17 bits per heavy atom. The summed E-state index contributed by atoms with van der Waals surface area (Å²) in [5.41, 5.74) is 0.678. The standard InChI is InChI=1S/C14H18BrFN2/c1-11(2)9-18(7-3-6-17)10-12-4-5-13(15)8-14(12)16/h4-5,8,11H,3,7,9-10H2,1-2H3. The normalized spacial score (nSPS) is 10.9. The lowest BCUT2D eigenvalue weighted by Gasteiger charge is -2.23. The first kappa shape index (κ1) is 15.1. The van der Waals surface area contributed by atoms with Gasteiger partial charge in [0, 0.05) is 36.1 Å². The zero-order chi connectivity index (χ0) is 13.5. The van der Waals surface area contributed by atoms with E-state index in [4.69, 9.17) is 5.26 Å². The van der Waals surface area contributed by atoms with Gasteiger partial charge in [-0.1, -0.05) is 35.8 Å². The molecule has 0 aromatic heterocycles. The number of nitrogens with zero attached hydrogens (tertiary/aromatic N) is 2. The van der Waals surface area contributed by atoms with Crippen LogP contribution in [0.2, 0.25) is 0 Å². The van der Waals surface area contributed by atoms with Crippen molar-refractivity contribution < 1.29 is 4.39 Å². The van der Waals surface area contributed by atoms with E-state index in [0.29, 0.717) is 31.0 Å². The van der Waals surface area contributed by atoms with E-state index in [1.807, 2.05) is 6.07 Å². The first-order valence-electron chi connectivity index (χ1n) is 6.06. The van der Waals surface area contributed by atoms with Crippen LogP contribution < -0.4 is 0 Å². The molecule has 0 spiro atoms. The van der Waals surface area contributed by atoms with Crippen LogP contribution in [-0.4, -0.2) is 18.0 Å². The summed E-state index contributed by atoms with van der Waals surface area (Å²) in [5.74, 6) is 0.303. The van der Waals surface area contributed by atoms with E-state index in [-0.39, 0.29) is 5.82 Å². The van der Waals surface area contributed by atoms with Crippen molar-refractivity contribution in [2.75, 3.05) is 13.1 Å². The molecule has 0 fully saturated rings. The van der Waals surface area contributed by atoms with E-state index in [0.717, 1.165) is 11.0 Å². The van der Waals surface area contributed by atoms with Gasteiger partial charge in [-0.2, -0.15) is 5.26 Å². The number of hydrogen-bond donors (Lipinski definition) is 0. The molecule has 0 aliphatic heterocycles. The molecule has 1 rings (SSSR count). The Labute approximate surface area is 117 Å². The lowest BCUT2D eigenvalue weighted by atomic mass is 10.1. The second-order valence-electron chi connectivity index (χ2n) is 4.77. The molecule has 0 unspecified atom stereocenters. The predicted octanol–water partition coefficient (Wildman–Crippen LogP) is 3.96. The van der Waals surface area contributed by atoms with Gasteiger partial charge in [0.15, 0.2) is 0 Å². The molecule has 0 radical (unpaired) electrons. The molecule has 0 heterocycles. The SMILES string of the molecule is CC(C)CN(CCC#N)Cc1ccc(Br)cc1F. The molecule has 0 saturated heterocycles. The molecule has 2 nitrogen and oxygen atoms in total. The molecule has 0 bridgehead atoms. The predicted molar refractivity (Wildman–Crippen MR) is 74.4 cm³/mol. The zero-order valence-corrected chi connectivity index (χ0v) is 12.4. The van der Waals surface area contributed by atoms with Gasteiger partial charge in [-0.3, -0.25) is 4.90 Å². The minimum Gasteiger partial charge on any atom is -0.298 e. The lowest BCUT2D eigenvalue weighted by Crippen LogP contribution is -2.28. The van der Waals surface area contributed by atoms with Crippen molar-refractivity contribution in [2.45, 2.75) is 26.8 Å². The summed E-state index contributed by atoms with van der Waals surface area (Å²) in [7, 11) is 0. The molecule has 0 aliphatic rings. The Morgan fingerprint density at radius 3 is 2.72 bits per heavy atom. The summed E-state index contributed by atoms with van der Waals surface area (Å²) >= 11 is 3.25. The van der Waals surface area contributed by atoms with Gasteiger partial charge in [0.1, 0.15) is 5.82 Å². The molecule has 0 N–H and O–H groups in total. The number of rotatable bonds is 6. The molecule has 0 aliphatic carbocycles.